The van der Waals surface area contributed by atoms with Gasteiger partial charge in [-0.25, -0.2) is 0 Å². The Morgan fingerprint density at radius 2 is 2.33 bits per heavy atom. The molecular formula is C8H10ClN3. The van der Waals surface area contributed by atoms with Crippen molar-refractivity contribution in [1.29, 1.82) is 5.26 Å². The molecule has 64 valence electrons. The monoisotopic (exact) mass is 183 g/mol. The van der Waals surface area contributed by atoms with Crippen molar-refractivity contribution in [2.45, 2.75) is 19.4 Å². The van der Waals surface area contributed by atoms with E-state index in [4.69, 9.17) is 11.0 Å². The Kier molecular flexibility index (Phi) is 2.30. The third-order valence-electron chi connectivity index (χ3n) is 2.14. The zero-order chi connectivity index (χ0) is 7.84. The lowest BCUT2D eigenvalue weighted by Crippen LogP contribution is -1.88. The van der Waals surface area contributed by atoms with Crippen LogP contribution in [0.15, 0.2) is 6.20 Å². The molecule has 0 aromatic carbocycles. The lowest BCUT2D eigenvalue weighted by atomic mass is 10.2. The van der Waals surface area contributed by atoms with Crippen molar-refractivity contribution < 1.29 is 0 Å². The largest absolute Gasteiger partial charge is 0.396 e. The molecule has 1 aromatic rings. The van der Waals surface area contributed by atoms with Crippen LogP contribution in [0.5, 0.6) is 0 Å². The molecule has 0 unspecified atom stereocenters. The van der Waals surface area contributed by atoms with E-state index >= 15 is 0 Å². The maximum atomic E-state index is 8.73. The van der Waals surface area contributed by atoms with Crippen molar-refractivity contribution in [3.63, 3.8) is 0 Å². The van der Waals surface area contributed by atoms with Gasteiger partial charge in [0.05, 0.1) is 11.3 Å². The van der Waals surface area contributed by atoms with Crippen LogP contribution in [0.3, 0.4) is 0 Å². The molecule has 2 rings (SSSR count). The number of halogens is 1. The van der Waals surface area contributed by atoms with Gasteiger partial charge in [-0.05, 0) is 12.8 Å². The van der Waals surface area contributed by atoms with Gasteiger partial charge >= 0.3 is 0 Å². The summed E-state index contributed by atoms with van der Waals surface area (Å²) in [4.78, 5) is 0. The summed E-state index contributed by atoms with van der Waals surface area (Å²) in [7, 11) is 0. The van der Waals surface area contributed by atoms with E-state index in [1.165, 1.54) is 0 Å². The molecular weight excluding hydrogens is 174 g/mol. The predicted molar refractivity (Wildman–Crippen MR) is 49.1 cm³/mol. The zero-order valence-electron chi connectivity index (χ0n) is 6.58. The minimum Gasteiger partial charge on any atom is -0.396 e. The van der Waals surface area contributed by atoms with Gasteiger partial charge in [0.25, 0.3) is 0 Å². The number of nitriles is 1. The number of anilines is 1. The highest BCUT2D eigenvalue weighted by atomic mass is 35.5. The molecule has 12 heavy (non-hydrogen) atoms. The second-order valence-electron chi connectivity index (χ2n) is 2.81. The third kappa shape index (κ3) is 1.05. The van der Waals surface area contributed by atoms with Gasteiger partial charge in [-0.3, -0.25) is 0 Å². The average molecular weight is 184 g/mol. The molecule has 0 fully saturated rings. The van der Waals surface area contributed by atoms with Crippen molar-refractivity contribution in [3.05, 3.63) is 17.5 Å². The lowest BCUT2D eigenvalue weighted by Gasteiger charge is -1.91. The van der Waals surface area contributed by atoms with Gasteiger partial charge in [-0.2, -0.15) is 5.26 Å². The lowest BCUT2D eigenvalue weighted by molar-refractivity contribution is 0.751. The van der Waals surface area contributed by atoms with Crippen molar-refractivity contribution in [1.82, 2.24) is 4.57 Å². The summed E-state index contributed by atoms with van der Waals surface area (Å²) in [5.74, 6) is 0. The van der Waals surface area contributed by atoms with Crippen LogP contribution in [0.4, 0.5) is 5.69 Å². The summed E-state index contributed by atoms with van der Waals surface area (Å²) in [6.07, 6.45) is 4.01. The summed E-state index contributed by atoms with van der Waals surface area (Å²) in [5, 5.41) is 8.73. The maximum Gasteiger partial charge on any atom is 0.103 e. The van der Waals surface area contributed by atoms with Crippen LogP contribution in [0.2, 0.25) is 0 Å². The van der Waals surface area contributed by atoms with Crippen molar-refractivity contribution >= 4 is 18.1 Å². The first-order valence-electron chi connectivity index (χ1n) is 3.70. The van der Waals surface area contributed by atoms with Gasteiger partial charge in [0, 0.05) is 18.4 Å². The molecule has 1 aliphatic rings. The molecule has 2 N–H and O–H groups in total. The molecule has 0 saturated heterocycles. The summed E-state index contributed by atoms with van der Waals surface area (Å²) < 4.78 is 2.08. The zero-order valence-corrected chi connectivity index (χ0v) is 7.40. The standard InChI is InChI=1S/C8H9N3.ClH/c9-4-6-7(10)5-11-3-1-2-8(6)11;/h5H,1-3,10H2;1H. The molecule has 1 aromatic heterocycles. The van der Waals surface area contributed by atoms with Gasteiger partial charge in [0.1, 0.15) is 6.07 Å². The maximum absolute atomic E-state index is 8.73. The minimum atomic E-state index is 0. The highest BCUT2D eigenvalue weighted by Crippen LogP contribution is 2.25. The van der Waals surface area contributed by atoms with E-state index in [0.717, 1.165) is 25.1 Å². The Morgan fingerprint density at radius 3 is 3.00 bits per heavy atom. The van der Waals surface area contributed by atoms with Crippen LogP contribution in [0.25, 0.3) is 0 Å². The van der Waals surface area contributed by atoms with Crippen LogP contribution in [0.1, 0.15) is 17.7 Å². The van der Waals surface area contributed by atoms with Gasteiger partial charge in [0.15, 0.2) is 0 Å². The number of aromatic nitrogens is 1. The second kappa shape index (κ2) is 3.08. The molecule has 3 nitrogen and oxygen atoms in total. The predicted octanol–water partition coefficient (Wildman–Crippen LogP) is 1.31. The minimum absolute atomic E-state index is 0. The average Bonchev–Trinajstić information content (AvgIpc) is 2.46. The number of aryl methyl sites for hydroxylation is 1. The number of rotatable bonds is 0. The molecule has 0 amide bonds. The number of hydrogen-bond acceptors (Lipinski definition) is 2. The van der Waals surface area contributed by atoms with Crippen LogP contribution < -0.4 is 5.73 Å². The fourth-order valence-corrected chi connectivity index (χ4v) is 1.63. The normalized spacial score (nSPS) is 13.2. The van der Waals surface area contributed by atoms with E-state index in [0.29, 0.717) is 11.3 Å². The van der Waals surface area contributed by atoms with Crippen LogP contribution in [-0.4, -0.2) is 4.57 Å². The molecule has 0 spiro atoms. The fourth-order valence-electron chi connectivity index (χ4n) is 1.63. The molecule has 1 aliphatic heterocycles. The third-order valence-corrected chi connectivity index (χ3v) is 2.14. The number of nitrogens with two attached hydrogens (primary N) is 1. The second-order valence-corrected chi connectivity index (χ2v) is 2.81. The highest BCUT2D eigenvalue weighted by Gasteiger charge is 2.17. The Morgan fingerprint density at radius 1 is 1.58 bits per heavy atom. The van der Waals surface area contributed by atoms with E-state index in [9.17, 15) is 0 Å². The molecule has 0 bridgehead atoms. The molecule has 0 radical (unpaired) electrons. The van der Waals surface area contributed by atoms with E-state index in [1.807, 2.05) is 6.20 Å². The molecule has 0 aliphatic carbocycles. The van der Waals surface area contributed by atoms with Crippen LogP contribution >= 0.6 is 12.4 Å². The molecule has 0 atom stereocenters. The number of fused-ring (bicyclic) bond motifs is 1. The SMILES string of the molecule is Cl.N#Cc1c(N)cn2c1CCC2. The van der Waals surface area contributed by atoms with Gasteiger partial charge < -0.3 is 10.3 Å². The highest BCUT2D eigenvalue weighted by molar-refractivity contribution is 5.85. The summed E-state index contributed by atoms with van der Waals surface area (Å²) >= 11 is 0. The van der Waals surface area contributed by atoms with Crippen molar-refractivity contribution in [3.8, 4) is 6.07 Å². The summed E-state index contributed by atoms with van der Waals surface area (Å²) in [6, 6.07) is 2.13. The molecule has 4 heteroatoms. The summed E-state index contributed by atoms with van der Waals surface area (Å²) in [6.45, 7) is 1.02. The van der Waals surface area contributed by atoms with Crippen LogP contribution in [-0.2, 0) is 13.0 Å². The Balaban J connectivity index is 0.000000720. The Labute approximate surface area is 77.2 Å². The molecule has 0 saturated carbocycles. The van der Waals surface area contributed by atoms with Crippen molar-refractivity contribution in [2.24, 2.45) is 0 Å². The van der Waals surface area contributed by atoms with Gasteiger partial charge in [0.2, 0.25) is 0 Å². The Bertz CT molecular complexity index is 335. The number of nitrogen functional groups attached to an aromatic ring is 1. The Hall–Kier alpha value is -1.14. The van der Waals surface area contributed by atoms with E-state index in [2.05, 4.69) is 10.6 Å². The smallest absolute Gasteiger partial charge is 0.103 e. The van der Waals surface area contributed by atoms with Crippen LogP contribution in [0, 0.1) is 11.3 Å². The first-order valence-corrected chi connectivity index (χ1v) is 3.70. The van der Waals surface area contributed by atoms with E-state index < -0.39 is 0 Å². The van der Waals surface area contributed by atoms with Gasteiger partial charge in [-0.1, -0.05) is 0 Å². The number of hydrogen-bond donors (Lipinski definition) is 1. The van der Waals surface area contributed by atoms with E-state index in [-0.39, 0.29) is 12.4 Å². The molecule has 2 heterocycles. The fraction of sp³-hybridized carbons (Fsp3) is 0.375. The quantitative estimate of drug-likeness (QED) is 0.660. The first-order chi connectivity index (χ1) is 5.33. The number of nitrogens with zero attached hydrogens (tertiary/aromatic N) is 2. The first kappa shape index (κ1) is 8.95. The van der Waals surface area contributed by atoms with E-state index in [1.54, 1.807) is 0 Å². The van der Waals surface area contributed by atoms with Crippen molar-refractivity contribution in [2.75, 3.05) is 5.73 Å². The summed E-state index contributed by atoms with van der Waals surface area (Å²) in [5.41, 5.74) is 8.04. The topological polar surface area (TPSA) is 54.7 Å². The van der Waals surface area contributed by atoms with Gasteiger partial charge in [-0.15, -0.1) is 12.4 Å².